The highest BCUT2D eigenvalue weighted by Gasteiger charge is 2.38. The van der Waals surface area contributed by atoms with Crippen molar-refractivity contribution >= 4 is 34.3 Å². The zero-order valence-corrected chi connectivity index (χ0v) is 17.8. The first-order valence-corrected chi connectivity index (χ1v) is 10.8. The topological polar surface area (TPSA) is 99.1 Å². The third-order valence-corrected chi connectivity index (χ3v) is 6.65. The van der Waals surface area contributed by atoms with Crippen LogP contribution in [0.4, 0.5) is 11.4 Å². The Morgan fingerprint density at radius 1 is 1.30 bits per heavy atom. The first-order valence-electron chi connectivity index (χ1n) is 9.90. The van der Waals surface area contributed by atoms with Gasteiger partial charge in [-0.05, 0) is 38.1 Å². The molecule has 1 aromatic carbocycles. The van der Waals surface area contributed by atoms with Gasteiger partial charge >= 0.3 is 0 Å². The van der Waals surface area contributed by atoms with Gasteiger partial charge in [0.15, 0.2) is 0 Å². The number of hydrogen-bond donors (Lipinski definition) is 4. The first-order chi connectivity index (χ1) is 14.5. The maximum atomic E-state index is 11.9. The average molecular weight is 423 g/mol. The van der Waals surface area contributed by atoms with Gasteiger partial charge in [0.05, 0.1) is 22.8 Å². The SMILES string of the molecule is C=C(Nc1ccccc1N1CCC(NC)(C(N)=O)CC1)c1csc(-c2cc[nH]c2)n1. The number of rotatable bonds is 7. The molecule has 1 amide bonds. The van der Waals surface area contributed by atoms with E-state index in [9.17, 15) is 4.79 Å². The summed E-state index contributed by atoms with van der Waals surface area (Å²) < 4.78 is 0. The van der Waals surface area contributed by atoms with Crippen LogP contribution in [0.1, 0.15) is 18.5 Å². The smallest absolute Gasteiger partial charge is 0.237 e. The Kier molecular flexibility index (Phi) is 5.61. The van der Waals surface area contributed by atoms with Crippen molar-refractivity contribution in [3.05, 3.63) is 60.4 Å². The van der Waals surface area contributed by atoms with Crippen molar-refractivity contribution in [2.24, 2.45) is 5.73 Å². The van der Waals surface area contributed by atoms with Gasteiger partial charge < -0.3 is 26.3 Å². The van der Waals surface area contributed by atoms with Gasteiger partial charge in [-0.25, -0.2) is 4.98 Å². The molecule has 0 spiro atoms. The molecule has 1 aliphatic heterocycles. The van der Waals surface area contributed by atoms with Crippen molar-refractivity contribution in [1.82, 2.24) is 15.3 Å². The number of benzene rings is 1. The number of H-pyrrole nitrogens is 1. The Bertz CT molecular complexity index is 1030. The van der Waals surface area contributed by atoms with Crippen LogP contribution in [0, 0.1) is 0 Å². The second-order valence-electron chi connectivity index (χ2n) is 7.44. The van der Waals surface area contributed by atoms with E-state index in [2.05, 4.69) is 33.2 Å². The number of thiazole rings is 1. The quantitative estimate of drug-likeness (QED) is 0.468. The number of carbonyl (C=O) groups is 1. The third kappa shape index (κ3) is 3.83. The summed E-state index contributed by atoms with van der Waals surface area (Å²) in [6.45, 7) is 5.67. The molecule has 4 rings (SSSR count). The molecule has 3 heterocycles. The van der Waals surface area contributed by atoms with Gasteiger partial charge in [-0.1, -0.05) is 18.7 Å². The number of hydrogen-bond acceptors (Lipinski definition) is 6. The molecule has 1 fully saturated rings. The molecule has 5 N–H and O–H groups in total. The summed E-state index contributed by atoms with van der Waals surface area (Å²) >= 11 is 1.59. The Balaban J connectivity index is 1.49. The van der Waals surface area contributed by atoms with E-state index >= 15 is 0 Å². The zero-order chi connectivity index (χ0) is 21.1. The fourth-order valence-electron chi connectivity index (χ4n) is 3.83. The molecule has 0 atom stereocenters. The minimum atomic E-state index is -0.627. The number of aromatic nitrogens is 2. The number of carbonyl (C=O) groups excluding carboxylic acids is 1. The summed E-state index contributed by atoms with van der Waals surface area (Å²) in [5, 5.41) is 9.53. The number of likely N-dealkylation sites (N-methyl/N-ethyl adjacent to an activating group) is 1. The maximum Gasteiger partial charge on any atom is 0.237 e. The van der Waals surface area contributed by atoms with Crippen molar-refractivity contribution in [2.75, 3.05) is 30.4 Å². The molecule has 0 bridgehead atoms. The van der Waals surface area contributed by atoms with Crippen LogP contribution in [0.15, 0.2) is 54.7 Å². The highest BCUT2D eigenvalue weighted by atomic mass is 32.1. The number of para-hydroxylation sites is 2. The van der Waals surface area contributed by atoms with Crippen molar-refractivity contribution in [3.63, 3.8) is 0 Å². The molecule has 0 saturated carbocycles. The second-order valence-corrected chi connectivity index (χ2v) is 8.30. The van der Waals surface area contributed by atoms with Crippen LogP contribution in [0.25, 0.3) is 16.3 Å². The average Bonchev–Trinajstić information content (AvgIpc) is 3.46. The molecule has 0 radical (unpaired) electrons. The third-order valence-electron chi connectivity index (χ3n) is 5.76. The van der Waals surface area contributed by atoms with Gasteiger partial charge in [0, 0.05) is 36.4 Å². The van der Waals surface area contributed by atoms with Gasteiger partial charge in [0.25, 0.3) is 0 Å². The normalized spacial score (nSPS) is 15.7. The van der Waals surface area contributed by atoms with Crippen LogP contribution >= 0.6 is 11.3 Å². The van der Waals surface area contributed by atoms with Gasteiger partial charge in [-0.3, -0.25) is 4.79 Å². The van der Waals surface area contributed by atoms with Crippen LogP contribution in [0.3, 0.4) is 0 Å². The predicted molar refractivity (Wildman–Crippen MR) is 123 cm³/mol. The first kappa shape index (κ1) is 20.2. The monoisotopic (exact) mass is 422 g/mol. The molecule has 1 saturated heterocycles. The molecule has 1 aliphatic rings. The minimum absolute atomic E-state index is 0.286. The highest BCUT2D eigenvalue weighted by molar-refractivity contribution is 7.13. The van der Waals surface area contributed by atoms with Crippen LogP contribution in [-0.2, 0) is 4.79 Å². The highest BCUT2D eigenvalue weighted by Crippen LogP contribution is 2.33. The summed E-state index contributed by atoms with van der Waals surface area (Å²) in [6, 6.07) is 10.1. The molecule has 2 aromatic heterocycles. The van der Waals surface area contributed by atoms with E-state index in [1.54, 1.807) is 18.4 Å². The number of primary amides is 1. The number of nitrogens with zero attached hydrogens (tertiary/aromatic N) is 2. The number of nitrogens with two attached hydrogens (primary N) is 1. The van der Waals surface area contributed by atoms with Crippen LogP contribution in [-0.4, -0.2) is 41.6 Å². The van der Waals surface area contributed by atoms with Crippen molar-refractivity contribution in [2.45, 2.75) is 18.4 Å². The molecule has 8 heteroatoms. The lowest BCUT2D eigenvalue weighted by atomic mass is 9.86. The molecule has 7 nitrogen and oxygen atoms in total. The summed E-state index contributed by atoms with van der Waals surface area (Å²) in [4.78, 5) is 22.0. The molecule has 3 aromatic rings. The number of piperidine rings is 1. The Hall–Kier alpha value is -3.10. The Morgan fingerprint density at radius 2 is 2.07 bits per heavy atom. The van der Waals surface area contributed by atoms with E-state index in [1.807, 2.05) is 42.0 Å². The second kappa shape index (κ2) is 8.33. The van der Waals surface area contributed by atoms with Crippen molar-refractivity contribution in [3.8, 4) is 10.6 Å². The maximum absolute atomic E-state index is 11.9. The van der Waals surface area contributed by atoms with Gasteiger partial charge in [0.2, 0.25) is 5.91 Å². The van der Waals surface area contributed by atoms with Gasteiger partial charge in [-0.2, -0.15) is 0 Å². The lowest BCUT2D eigenvalue weighted by molar-refractivity contribution is -0.125. The summed E-state index contributed by atoms with van der Waals surface area (Å²) in [7, 11) is 1.80. The summed E-state index contributed by atoms with van der Waals surface area (Å²) in [5.74, 6) is -0.286. The predicted octanol–water partition coefficient (Wildman–Crippen LogP) is 3.26. The lowest BCUT2D eigenvalue weighted by Gasteiger charge is -2.41. The van der Waals surface area contributed by atoms with E-state index in [-0.39, 0.29) is 5.91 Å². The van der Waals surface area contributed by atoms with Gasteiger partial charge in [0.1, 0.15) is 10.5 Å². The lowest BCUT2D eigenvalue weighted by Crippen LogP contribution is -2.59. The molecule has 0 aliphatic carbocycles. The Morgan fingerprint density at radius 3 is 2.73 bits per heavy atom. The minimum Gasteiger partial charge on any atom is -0.370 e. The van der Waals surface area contributed by atoms with Crippen LogP contribution < -0.4 is 21.3 Å². The number of nitrogens with one attached hydrogen (secondary N) is 3. The van der Waals surface area contributed by atoms with E-state index in [4.69, 9.17) is 10.7 Å². The van der Waals surface area contributed by atoms with Crippen molar-refractivity contribution < 1.29 is 4.79 Å². The molecular formula is C22H26N6OS. The Labute approximate surface area is 180 Å². The van der Waals surface area contributed by atoms with E-state index < -0.39 is 5.54 Å². The largest absolute Gasteiger partial charge is 0.370 e. The zero-order valence-electron chi connectivity index (χ0n) is 16.9. The van der Waals surface area contributed by atoms with E-state index in [0.29, 0.717) is 12.8 Å². The number of anilines is 2. The van der Waals surface area contributed by atoms with E-state index in [1.165, 1.54) is 0 Å². The van der Waals surface area contributed by atoms with Crippen LogP contribution in [0.2, 0.25) is 0 Å². The van der Waals surface area contributed by atoms with Gasteiger partial charge in [-0.15, -0.1) is 11.3 Å². The van der Waals surface area contributed by atoms with E-state index in [0.717, 1.165) is 46.4 Å². The van der Waals surface area contributed by atoms with Crippen LogP contribution in [0.5, 0.6) is 0 Å². The molecule has 0 unspecified atom stereocenters. The van der Waals surface area contributed by atoms with Crippen molar-refractivity contribution in [1.29, 1.82) is 0 Å². The molecule has 30 heavy (non-hydrogen) atoms. The molecular weight excluding hydrogens is 396 g/mol. The fourth-order valence-corrected chi connectivity index (χ4v) is 4.66. The number of aromatic amines is 1. The number of amides is 1. The fraction of sp³-hybridized carbons (Fsp3) is 0.273. The summed E-state index contributed by atoms with van der Waals surface area (Å²) in [6.07, 6.45) is 5.15. The standard InChI is InChI=1S/C22H26N6OS/c1-15(18-14-30-20(27-18)16-7-10-25-13-16)26-17-5-3-4-6-19(17)28-11-8-22(24-2,9-12-28)21(23)29/h3-7,10,13-14,24-26H,1,8-9,11-12H2,2H3,(H2,23,29). The molecule has 156 valence electrons. The summed E-state index contributed by atoms with van der Waals surface area (Å²) in [5.41, 5.74) is 9.70.